The number of allylic oxidation sites excluding steroid dienone is 2. The molecule has 3 aliphatic heterocycles. The van der Waals surface area contributed by atoms with Crippen molar-refractivity contribution in [2.75, 3.05) is 12.4 Å². The molecule has 0 fully saturated rings. The van der Waals surface area contributed by atoms with Gasteiger partial charge in [-0.15, -0.1) is 0 Å². The molecule has 0 aliphatic carbocycles. The zero-order valence-electron chi connectivity index (χ0n) is 36.1. The Morgan fingerprint density at radius 3 is 2.26 bits per heavy atom. The average Bonchev–Trinajstić information content (AvgIpc) is 3.50. The van der Waals surface area contributed by atoms with Crippen molar-refractivity contribution in [2.24, 2.45) is 28.8 Å². The first kappa shape index (κ1) is 46.8. The van der Waals surface area contributed by atoms with Crippen LogP contribution in [0.1, 0.15) is 75.5 Å². The van der Waals surface area contributed by atoms with Crippen molar-refractivity contribution in [2.45, 2.75) is 92.0 Å². The van der Waals surface area contributed by atoms with Crippen molar-refractivity contribution >= 4 is 46.2 Å². The lowest BCUT2D eigenvalue weighted by Gasteiger charge is -2.38. The minimum Gasteiger partial charge on any atom is -0.507 e. The summed E-state index contributed by atoms with van der Waals surface area (Å²) in [6.07, 6.45) is 4.17. The topological polar surface area (TPSA) is 243 Å². The number of ketones is 1. The number of fused-ring (bicyclic) bond motifs is 14. The van der Waals surface area contributed by atoms with E-state index in [9.17, 15) is 44.7 Å². The summed E-state index contributed by atoms with van der Waals surface area (Å²) in [6, 6.07) is 8.84. The molecule has 3 aromatic rings. The largest absolute Gasteiger partial charge is 0.507 e. The van der Waals surface area contributed by atoms with Gasteiger partial charge in [0.1, 0.15) is 23.4 Å². The standard InChI is InChI=1S/C46H55N3O13/c1-22-14-13-15-23(2)45(58)48-36-30(21-47-49-32(51)20-29-16-11-10-12-17-29)40(55)33-34(41(36)56)39(54)27(6)43-35(33)44(57)46(8,62-43)60-19-18-31(59-9)24(3)42(61-28(7)50)26(5)38(53)25(4)37(22)52/h10-19,21-22,24-26,31,37-38,42,52-56H,20H2,1-9H3,(H,48,58)(H,49,51)/b14-13+,19-18+,23-15+,47-21-. The highest BCUT2D eigenvalue weighted by Crippen LogP contribution is 2.55. The Morgan fingerprint density at radius 2 is 1.61 bits per heavy atom. The number of carbonyl (C=O) groups excluding carboxylic acids is 4. The number of Topliss-reactive ketones (excluding diaryl/α,β-unsaturated/α-hetero) is 1. The van der Waals surface area contributed by atoms with Gasteiger partial charge in [0, 0.05) is 61.2 Å². The second-order valence-electron chi connectivity index (χ2n) is 16.1. The molecule has 0 spiro atoms. The van der Waals surface area contributed by atoms with Gasteiger partial charge >= 0.3 is 11.8 Å². The molecule has 5 bridgehead atoms. The summed E-state index contributed by atoms with van der Waals surface area (Å²) in [5, 5.41) is 64.1. The van der Waals surface area contributed by atoms with E-state index in [-0.39, 0.29) is 39.8 Å². The number of anilines is 1. The van der Waals surface area contributed by atoms with Gasteiger partial charge < -0.3 is 49.8 Å². The van der Waals surface area contributed by atoms with E-state index in [2.05, 4.69) is 15.8 Å². The number of rotatable bonds is 6. The van der Waals surface area contributed by atoms with E-state index in [1.54, 1.807) is 64.1 Å². The third-order valence-corrected chi connectivity index (χ3v) is 11.6. The van der Waals surface area contributed by atoms with Gasteiger partial charge in [-0.25, -0.2) is 5.43 Å². The third-order valence-electron chi connectivity index (χ3n) is 11.6. The van der Waals surface area contributed by atoms with Gasteiger partial charge in [-0.05, 0) is 25.5 Å². The predicted molar refractivity (Wildman–Crippen MR) is 230 cm³/mol. The van der Waals surface area contributed by atoms with E-state index < -0.39 is 106 Å². The van der Waals surface area contributed by atoms with Crippen molar-refractivity contribution in [1.29, 1.82) is 0 Å². The lowest BCUT2D eigenvalue weighted by atomic mass is 9.78. The van der Waals surface area contributed by atoms with Gasteiger partial charge in [0.15, 0.2) is 5.75 Å². The van der Waals surface area contributed by atoms with E-state index in [1.807, 2.05) is 0 Å². The fourth-order valence-corrected chi connectivity index (χ4v) is 7.86. The third kappa shape index (κ3) is 9.47. The molecule has 0 saturated heterocycles. The number of amides is 2. The summed E-state index contributed by atoms with van der Waals surface area (Å²) in [7, 11) is 1.41. The van der Waals surface area contributed by atoms with Crippen LogP contribution >= 0.6 is 0 Å². The van der Waals surface area contributed by atoms with Crippen LogP contribution in [0.5, 0.6) is 23.0 Å². The smallest absolute Gasteiger partial charge is 0.312 e. The number of esters is 1. The molecule has 3 heterocycles. The normalized spacial score (nSPS) is 29.0. The molecule has 16 nitrogen and oxygen atoms in total. The summed E-state index contributed by atoms with van der Waals surface area (Å²) < 4.78 is 23.5. The maximum absolute atomic E-state index is 14.4. The maximum Gasteiger partial charge on any atom is 0.312 e. The lowest BCUT2D eigenvalue weighted by molar-refractivity contribution is -0.160. The summed E-state index contributed by atoms with van der Waals surface area (Å²) in [4.78, 5) is 53.3. The molecule has 9 atom stereocenters. The second kappa shape index (κ2) is 19.2. The number of methoxy groups -OCH3 is 1. The molecule has 9 unspecified atom stereocenters. The summed E-state index contributed by atoms with van der Waals surface area (Å²) >= 11 is 0. The quantitative estimate of drug-likeness (QED) is 0.0537. The zero-order chi connectivity index (χ0) is 45.8. The number of aliphatic hydroxyl groups is 2. The van der Waals surface area contributed by atoms with E-state index >= 15 is 0 Å². The van der Waals surface area contributed by atoms with E-state index in [0.717, 1.165) is 12.5 Å². The highest BCUT2D eigenvalue weighted by atomic mass is 16.7. The number of phenolic OH excluding ortho intramolecular Hbond substituents is 3. The van der Waals surface area contributed by atoms with Crippen LogP contribution in [0, 0.1) is 30.6 Å². The van der Waals surface area contributed by atoms with Crippen LogP contribution in [0.3, 0.4) is 0 Å². The highest BCUT2D eigenvalue weighted by Gasteiger charge is 2.50. The number of aromatic hydroxyl groups is 3. The highest BCUT2D eigenvalue weighted by molar-refractivity contribution is 6.24. The number of carbonyl (C=O) groups is 4. The van der Waals surface area contributed by atoms with Gasteiger partial charge in [-0.1, -0.05) is 76.3 Å². The molecule has 16 heteroatoms. The molecule has 6 rings (SSSR count). The van der Waals surface area contributed by atoms with Gasteiger partial charge in [0.05, 0.1) is 59.4 Å². The van der Waals surface area contributed by atoms with Crippen LogP contribution < -0.4 is 15.5 Å². The first-order valence-corrected chi connectivity index (χ1v) is 20.2. The lowest BCUT2D eigenvalue weighted by Crippen LogP contribution is -2.46. The molecular weight excluding hydrogens is 803 g/mol. The van der Waals surface area contributed by atoms with Crippen LogP contribution in [0.2, 0.25) is 0 Å². The number of aliphatic hydroxyl groups excluding tert-OH is 2. The van der Waals surface area contributed by atoms with Gasteiger partial charge in [0.25, 0.3) is 11.7 Å². The Balaban J connectivity index is 1.68. The number of nitrogens with zero attached hydrogens (tertiary/aromatic N) is 1. The minimum atomic E-state index is -2.11. The van der Waals surface area contributed by atoms with Gasteiger partial charge in [0.2, 0.25) is 5.91 Å². The average molecular weight is 858 g/mol. The molecule has 3 aromatic carbocycles. The Morgan fingerprint density at radius 1 is 0.935 bits per heavy atom. The Hall–Kier alpha value is -6.23. The number of phenols is 3. The zero-order valence-corrected chi connectivity index (χ0v) is 36.1. The summed E-state index contributed by atoms with van der Waals surface area (Å²) in [6.45, 7) is 12.3. The molecule has 0 saturated carbocycles. The van der Waals surface area contributed by atoms with Crippen LogP contribution in [-0.4, -0.2) is 92.6 Å². The van der Waals surface area contributed by atoms with Crippen molar-refractivity contribution in [3.8, 4) is 23.0 Å². The number of benzene rings is 3. The van der Waals surface area contributed by atoms with Crippen molar-refractivity contribution < 1.29 is 63.7 Å². The monoisotopic (exact) mass is 857 g/mol. The minimum absolute atomic E-state index is 0.00356. The van der Waals surface area contributed by atoms with Crippen molar-refractivity contribution in [3.05, 3.63) is 88.7 Å². The van der Waals surface area contributed by atoms with E-state index in [4.69, 9.17) is 18.9 Å². The molecule has 0 aromatic heterocycles. The number of ether oxygens (including phenoxy) is 4. The van der Waals surface area contributed by atoms with Crippen LogP contribution in [0.4, 0.5) is 5.69 Å². The van der Waals surface area contributed by atoms with Crippen molar-refractivity contribution in [3.63, 3.8) is 0 Å². The Bertz CT molecular complexity index is 2340. The van der Waals surface area contributed by atoms with Crippen LogP contribution in [0.25, 0.3) is 10.8 Å². The molecule has 0 radical (unpaired) electrons. The first-order chi connectivity index (χ1) is 29.2. The molecule has 332 valence electrons. The van der Waals surface area contributed by atoms with Gasteiger partial charge in [-0.2, -0.15) is 5.10 Å². The van der Waals surface area contributed by atoms with Crippen molar-refractivity contribution in [1.82, 2.24) is 5.43 Å². The summed E-state index contributed by atoms with van der Waals surface area (Å²) in [5.41, 5.74) is 2.13. The Labute approximate surface area is 359 Å². The van der Waals surface area contributed by atoms with Crippen LogP contribution in [0.15, 0.2) is 71.6 Å². The molecular formula is C46H55N3O13. The number of hydrazone groups is 1. The molecule has 62 heavy (non-hydrogen) atoms. The van der Waals surface area contributed by atoms with Gasteiger partial charge in [-0.3, -0.25) is 19.2 Å². The fraction of sp³-hybridized carbons (Fsp3) is 0.413. The maximum atomic E-state index is 14.4. The second-order valence-corrected chi connectivity index (χ2v) is 16.1. The Kier molecular flexibility index (Phi) is 14.5. The molecule has 7 N–H and O–H groups in total. The fourth-order valence-electron chi connectivity index (χ4n) is 7.86. The summed E-state index contributed by atoms with van der Waals surface area (Å²) in [5.74, 6) is -9.65. The molecule has 2 amide bonds. The van der Waals surface area contributed by atoms with E-state index in [0.29, 0.717) is 5.56 Å². The molecule has 3 aliphatic rings. The van der Waals surface area contributed by atoms with E-state index in [1.165, 1.54) is 53.0 Å². The number of nitrogens with one attached hydrogen (secondary N) is 2. The number of hydrogen-bond acceptors (Lipinski definition) is 14. The predicted octanol–water partition coefficient (Wildman–Crippen LogP) is 5.45. The number of hydrogen-bond donors (Lipinski definition) is 7. The van der Waals surface area contributed by atoms with Crippen LogP contribution in [-0.2, 0) is 35.0 Å². The first-order valence-electron chi connectivity index (χ1n) is 20.2. The SMILES string of the molecule is COC1/C=C/OC2(C)Oc3c(C)c(O)c4c(O)c(c(/C=N\NC(=O)Cc5ccccc5)c(O)c4c3C2=O)NC(=O)/C(C)=C/C=C/C(C)C(O)C(C)C(O)C(C)C(OC(C)=O)C1C.